The Hall–Kier alpha value is 0. The topological polar surface area (TPSA) is 0 Å². The van der Waals surface area contributed by atoms with Crippen LogP contribution in [0.25, 0.3) is 0 Å². The molecule has 0 nitrogen and oxygen atoms in total. The van der Waals surface area contributed by atoms with Crippen LogP contribution in [0.1, 0.15) is 38.5 Å². The van der Waals surface area contributed by atoms with Gasteiger partial charge in [0.1, 0.15) is 0 Å². The quantitative estimate of drug-likeness (QED) is 0.480. The van der Waals surface area contributed by atoms with E-state index in [1.807, 2.05) is 0 Å². The minimum absolute atomic E-state index is 1.18. The third-order valence-electron chi connectivity index (χ3n) is 4.36. The highest BCUT2D eigenvalue weighted by Gasteiger charge is 2.44. The summed E-state index contributed by atoms with van der Waals surface area (Å²) in [5.41, 5.74) is 0. The molecule has 0 heteroatoms. The smallest absolute Gasteiger partial charge is 0.0383 e. The molecule has 0 N–H and O–H groups in total. The third-order valence-corrected chi connectivity index (χ3v) is 4.36. The van der Waals surface area contributed by atoms with Crippen molar-refractivity contribution < 1.29 is 0 Å². The van der Waals surface area contributed by atoms with Crippen LogP contribution < -0.4 is 0 Å². The highest BCUT2D eigenvalue weighted by molar-refractivity contribution is 4.95. The first-order valence-electron chi connectivity index (χ1n) is 4.93. The molecule has 0 heterocycles. The van der Waals surface area contributed by atoms with Crippen molar-refractivity contribution in [1.29, 1.82) is 0 Å². The molecule has 0 radical (unpaired) electrons. The van der Waals surface area contributed by atoms with Crippen molar-refractivity contribution in [2.24, 2.45) is 23.7 Å². The fraction of sp³-hybridized carbons (Fsp3) is 1.00. The molecule has 3 rings (SSSR count). The molecule has 4 atom stereocenters. The Balaban J connectivity index is 1.94. The molecule has 3 fully saturated rings. The number of hydrogen-bond acceptors (Lipinski definition) is 0. The molecule has 0 spiro atoms. The zero-order valence-electron chi connectivity index (χ0n) is 6.55. The Morgan fingerprint density at radius 2 is 0.800 bits per heavy atom. The van der Waals surface area contributed by atoms with Crippen molar-refractivity contribution in [3.8, 4) is 0 Å². The van der Waals surface area contributed by atoms with Gasteiger partial charge in [-0.05, 0) is 62.2 Å². The molecule has 3 saturated carbocycles. The fourth-order valence-electron chi connectivity index (χ4n) is 3.82. The molecular formula is C10H16. The Bertz CT molecular complexity index is 116. The second-order valence-electron chi connectivity index (χ2n) is 4.67. The zero-order chi connectivity index (χ0) is 6.55. The van der Waals surface area contributed by atoms with Gasteiger partial charge in [-0.3, -0.25) is 0 Å². The van der Waals surface area contributed by atoms with E-state index >= 15 is 0 Å². The fourth-order valence-corrected chi connectivity index (χ4v) is 3.82. The van der Waals surface area contributed by atoms with E-state index in [-0.39, 0.29) is 0 Å². The second kappa shape index (κ2) is 1.78. The second-order valence-corrected chi connectivity index (χ2v) is 4.67. The molecule has 4 bridgehead atoms. The lowest BCUT2D eigenvalue weighted by atomic mass is 9.80. The van der Waals surface area contributed by atoms with Crippen molar-refractivity contribution in [1.82, 2.24) is 0 Å². The molecule has 0 aliphatic heterocycles. The van der Waals surface area contributed by atoms with Crippen molar-refractivity contribution >= 4 is 0 Å². The van der Waals surface area contributed by atoms with E-state index < -0.39 is 0 Å². The Morgan fingerprint density at radius 1 is 0.500 bits per heavy atom. The molecule has 0 saturated heterocycles. The first-order chi connectivity index (χ1) is 4.93. The molecule has 0 aromatic rings. The number of fused-ring (bicyclic) bond motifs is 6. The monoisotopic (exact) mass is 136 g/mol. The third kappa shape index (κ3) is 0.580. The highest BCUT2D eigenvalue weighted by Crippen LogP contribution is 2.55. The SMILES string of the molecule is C1C[C@@H]2CC1[C@@H]1CCC2C1. The standard InChI is InChI=1S/C10H16/c1-2-8-5-7(1)9-3-4-10(8)6-9/h7-10H,1-6H2/t7-,8?,9?,10-/m1/s1. The molecule has 0 aromatic heterocycles. The summed E-state index contributed by atoms with van der Waals surface area (Å²) in [5, 5.41) is 0. The van der Waals surface area contributed by atoms with Crippen LogP contribution >= 0.6 is 0 Å². The summed E-state index contributed by atoms with van der Waals surface area (Å²) in [6.07, 6.45) is 9.60. The molecule has 56 valence electrons. The normalized spacial score (nSPS) is 57.6. The molecule has 10 heavy (non-hydrogen) atoms. The van der Waals surface area contributed by atoms with Gasteiger partial charge in [-0.1, -0.05) is 0 Å². The average Bonchev–Trinajstić information content (AvgIpc) is 2.41. The minimum Gasteiger partial charge on any atom is -0.0499 e. The van der Waals surface area contributed by atoms with E-state index in [2.05, 4.69) is 0 Å². The summed E-state index contributed by atoms with van der Waals surface area (Å²) in [6, 6.07) is 0. The van der Waals surface area contributed by atoms with E-state index in [1.165, 1.54) is 23.7 Å². The Labute approximate surface area is 63.0 Å². The summed E-state index contributed by atoms with van der Waals surface area (Å²) < 4.78 is 0. The maximum Gasteiger partial charge on any atom is -0.0383 e. The van der Waals surface area contributed by atoms with Crippen LogP contribution in [0.15, 0.2) is 0 Å². The Morgan fingerprint density at radius 3 is 1.10 bits per heavy atom. The van der Waals surface area contributed by atoms with Gasteiger partial charge in [0.25, 0.3) is 0 Å². The highest BCUT2D eigenvalue weighted by atomic mass is 14.5. The molecule has 0 aromatic carbocycles. The zero-order valence-corrected chi connectivity index (χ0v) is 6.55. The molecule has 3 aliphatic carbocycles. The van der Waals surface area contributed by atoms with Gasteiger partial charge < -0.3 is 0 Å². The van der Waals surface area contributed by atoms with Crippen LogP contribution in [0.5, 0.6) is 0 Å². The summed E-state index contributed by atoms with van der Waals surface area (Å²) in [5.74, 6) is 4.74. The van der Waals surface area contributed by atoms with E-state index in [0.717, 1.165) is 0 Å². The van der Waals surface area contributed by atoms with Crippen LogP contribution in [0.2, 0.25) is 0 Å². The number of hydrogen-bond donors (Lipinski definition) is 0. The molecular weight excluding hydrogens is 120 g/mol. The van der Waals surface area contributed by atoms with Gasteiger partial charge in [0.15, 0.2) is 0 Å². The predicted molar refractivity (Wildman–Crippen MR) is 41.7 cm³/mol. The summed E-state index contributed by atoms with van der Waals surface area (Å²) in [6.45, 7) is 0. The first-order valence-corrected chi connectivity index (χ1v) is 4.93. The van der Waals surface area contributed by atoms with Gasteiger partial charge in [-0.2, -0.15) is 0 Å². The van der Waals surface area contributed by atoms with E-state index in [9.17, 15) is 0 Å². The molecule has 3 aliphatic rings. The minimum atomic E-state index is 1.18. The summed E-state index contributed by atoms with van der Waals surface area (Å²) in [4.78, 5) is 0. The molecule has 2 unspecified atom stereocenters. The van der Waals surface area contributed by atoms with Crippen molar-refractivity contribution in [2.75, 3.05) is 0 Å². The van der Waals surface area contributed by atoms with E-state index in [1.54, 1.807) is 38.5 Å². The average molecular weight is 136 g/mol. The maximum atomic E-state index is 1.62. The van der Waals surface area contributed by atoms with Gasteiger partial charge in [0.05, 0.1) is 0 Å². The lowest BCUT2D eigenvalue weighted by Crippen LogP contribution is -2.17. The summed E-state index contributed by atoms with van der Waals surface area (Å²) >= 11 is 0. The van der Waals surface area contributed by atoms with Gasteiger partial charge in [0.2, 0.25) is 0 Å². The van der Waals surface area contributed by atoms with Gasteiger partial charge in [0, 0.05) is 0 Å². The van der Waals surface area contributed by atoms with Crippen molar-refractivity contribution in [3.05, 3.63) is 0 Å². The maximum absolute atomic E-state index is 1.62. The van der Waals surface area contributed by atoms with Crippen LogP contribution in [0, 0.1) is 23.7 Å². The van der Waals surface area contributed by atoms with Crippen LogP contribution in [-0.2, 0) is 0 Å². The van der Waals surface area contributed by atoms with E-state index in [0.29, 0.717) is 0 Å². The predicted octanol–water partition coefficient (Wildman–Crippen LogP) is 2.83. The lowest BCUT2D eigenvalue weighted by Gasteiger charge is -2.25. The van der Waals surface area contributed by atoms with Gasteiger partial charge >= 0.3 is 0 Å². The Kier molecular flexibility index (Phi) is 1.00. The number of rotatable bonds is 0. The van der Waals surface area contributed by atoms with Crippen molar-refractivity contribution in [2.45, 2.75) is 38.5 Å². The lowest BCUT2D eigenvalue weighted by molar-refractivity contribution is 0.243. The largest absolute Gasteiger partial charge is 0.0499 e. The molecule has 0 amide bonds. The van der Waals surface area contributed by atoms with E-state index in [4.69, 9.17) is 0 Å². The van der Waals surface area contributed by atoms with Crippen LogP contribution in [-0.4, -0.2) is 0 Å². The first kappa shape index (κ1) is 5.62. The summed E-state index contributed by atoms with van der Waals surface area (Å²) in [7, 11) is 0. The van der Waals surface area contributed by atoms with Gasteiger partial charge in [-0.25, -0.2) is 0 Å². The van der Waals surface area contributed by atoms with Crippen LogP contribution in [0.3, 0.4) is 0 Å². The van der Waals surface area contributed by atoms with Gasteiger partial charge in [-0.15, -0.1) is 0 Å². The van der Waals surface area contributed by atoms with Crippen molar-refractivity contribution in [3.63, 3.8) is 0 Å². The van der Waals surface area contributed by atoms with Crippen LogP contribution in [0.4, 0.5) is 0 Å².